The van der Waals surface area contributed by atoms with Crippen molar-refractivity contribution in [1.29, 1.82) is 0 Å². The Bertz CT molecular complexity index is 397. The summed E-state index contributed by atoms with van der Waals surface area (Å²) in [6.45, 7) is 8.24. The van der Waals surface area contributed by atoms with E-state index in [1.807, 2.05) is 12.1 Å². The van der Waals surface area contributed by atoms with Crippen molar-refractivity contribution in [2.45, 2.75) is 26.4 Å². The minimum absolute atomic E-state index is 0.337. The molecule has 0 heterocycles. The zero-order valence-corrected chi connectivity index (χ0v) is 13.7. The molecule has 0 aromatic heterocycles. The maximum absolute atomic E-state index is 9.92. The van der Waals surface area contributed by atoms with Crippen molar-refractivity contribution in [3.05, 3.63) is 33.8 Å². The highest BCUT2D eigenvalue weighted by atomic mass is 35.5. The fourth-order valence-electron chi connectivity index (χ4n) is 2.06. The summed E-state index contributed by atoms with van der Waals surface area (Å²) in [5, 5.41) is 14.5. The Morgan fingerprint density at radius 3 is 2.55 bits per heavy atom. The molecule has 0 saturated carbocycles. The van der Waals surface area contributed by atoms with Gasteiger partial charge in [0.1, 0.15) is 0 Å². The quantitative estimate of drug-likeness (QED) is 0.687. The molecule has 0 radical (unpaired) electrons. The molecule has 1 rings (SSSR count). The molecule has 0 aliphatic heterocycles. The van der Waals surface area contributed by atoms with E-state index in [0.717, 1.165) is 31.6 Å². The third kappa shape index (κ3) is 6.42. The number of rotatable bonds is 9. The summed E-state index contributed by atoms with van der Waals surface area (Å²) >= 11 is 12.0. The fourth-order valence-corrected chi connectivity index (χ4v) is 2.56. The van der Waals surface area contributed by atoms with Crippen molar-refractivity contribution in [3.8, 4) is 0 Å². The minimum Gasteiger partial charge on any atom is -0.390 e. The Hall–Kier alpha value is -0.320. The van der Waals surface area contributed by atoms with Gasteiger partial charge in [-0.25, -0.2) is 0 Å². The van der Waals surface area contributed by atoms with Crippen LogP contribution in [-0.2, 0) is 6.42 Å². The first-order valence-electron chi connectivity index (χ1n) is 7.11. The second-order valence-corrected chi connectivity index (χ2v) is 5.67. The first-order chi connectivity index (χ1) is 9.56. The molecular formula is C15H24Cl2N2O. The molecule has 1 unspecified atom stereocenters. The molecule has 0 spiro atoms. The molecule has 1 aromatic carbocycles. The van der Waals surface area contributed by atoms with Crippen LogP contribution >= 0.6 is 23.2 Å². The monoisotopic (exact) mass is 318 g/mol. The zero-order chi connectivity index (χ0) is 15.0. The molecule has 0 aliphatic rings. The van der Waals surface area contributed by atoms with E-state index in [0.29, 0.717) is 23.1 Å². The molecule has 0 fully saturated rings. The molecule has 0 bridgehead atoms. The smallest absolute Gasteiger partial charge is 0.0791 e. The summed E-state index contributed by atoms with van der Waals surface area (Å²) in [6, 6.07) is 5.55. The molecular weight excluding hydrogens is 295 g/mol. The average molecular weight is 319 g/mol. The zero-order valence-electron chi connectivity index (χ0n) is 12.2. The molecule has 0 amide bonds. The van der Waals surface area contributed by atoms with Crippen LogP contribution in [0, 0.1) is 0 Å². The summed E-state index contributed by atoms with van der Waals surface area (Å²) in [4.78, 5) is 2.21. The van der Waals surface area contributed by atoms with Crippen molar-refractivity contribution in [2.75, 3.05) is 32.7 Å². The fraction of sp³-hybridized carbons (Fsp3) is 0.600. The summed E-state index contributed by atoms with van der Waals surface area (Å²) in [5.74, 6) is 0. The predicted molar refractivity (Wildman–Crippen MR) is 86.8 cm³/mol. The molecule has 2 N–H and O–H groups in total. The second kappa shape index (κ2) is 9.59. The van der Waals surface area contributed by atoms with Gasteiger partial charge in [0.25, 0.3) is 0 Å². The van der Waals surface area contributed by atoms with Gasteiger partial charge in [-0.2, -0.15) is 0 Å². The molecule has 1 atom stereocenters. The van der Waals surface area contributed by atoms with Crippen molar-refractivity contribution in [3.63, 3.8) is 0 Å². The number of benzene rings is 1. The minimum atomic E-state index is -0.337. The number of aliphatic hydroxyl groups is 1. The van der Waals surface area contributed by atoms with E-state index in [1.165, 1.54) is 0 Å². The van der Waals surface area contributed by atoms with Crippen LogP contribution in [0.2, 0.25) is 10.0 Å². The molecule has 3 nitrogen and oxygen atoms in total. The normalized spacial score (nSPS) is 12.9. The van der Waals surface area contributed by atoms with Crippen molar-refractivity contribution in [2.24, 2.45) is 0 Å². The maximum Gasteiger partial charge on any atom is 0.0791 e. The number of nitrogens with one attached hydrogen (secondary N) is 1. The van der Waals surface area contributed by atoms with Gasteiger partial charge in [-0.15, -0.1) is 0 Å². The summed E-state index contributed by atoms with van der Waals surface area (Å²) in [6.07, 6.45) is 0.490. The number of halogens is 2. The molecule has 114 valence electrons. The first-order valence-corrected chi connectivity index (χ1v) is 7.87. The van der Waals surface area contributed by atoms with Gasteiger partial charge in [0.05, 0.1) is 6.10 Å². The Balaban J connectivity index is 2.24. The predicted octanol–water partition coefficient (Wildman–Crippen LogP) is 2.83. The number of hydrogen-bond donors (Lipinski definition) is 2. The lowest BCUT2D eigenvalue weighted by Crippen LogP contribution is -2.38. The highest BCUT2D eigenvalue weighted by Gasteiger charge is 2.08. The van der Waals surface area contributed by atoms with Crippen LogP contribution in [0.25, 0.3) is 0 Å². The lowest BCUT2D eigenvalue weighted by molar-refractivity contribution is 0.117. The highest BCUT2D eigenvalue weighted by molar-refractivity contribution is 6.35. The van der Waals surface area contributed by atoms with Gasteiger partial charge < -0.3 is 15.3 Å². The van der Waals surface area contributed by atoms with Crippen LogP contribution in [-0.4, -0.2) is 48.8 Å². The standard InChI is InChI=1S/C15H24Cl2N2O/c1-3-19(4-2)11-14(20)10-18-8-7-12-5-6-13(16)9-15(12)17/h5-6,9,14,18,20H,3-4,7-8,10-11H2,1-2H3. The largest absolute Gasteiger partial charge is 0.390 e. The third-order valence-electron chi connectivity index (χ3n) is 3.33. The number of hydrogen-bond acceptors (Lipinski definition) is 3. The third-order valence-corrected chi connectivity index (χ3v) is 3.92. The number of likely N-dealkylation sites (N-methyl/N-ethyl adjacent to an activating group) is 1. The summed E-state index contributed by atoms with van der Waals surface area (Å²) < 4.78 is 0. The van der Waals surface area contributed by atoms with Crippen LogP contribution in [0.3, 0.4) is 0 Å². The van der Waals surface area contributed by atoms with Crippen LogP contribution < -0.4 is 5.32 Å². The summed E-state index contributed by atoms with van der Waals surface area (Å²) in [7, 11) is 0. The first kappa shape index (κ1) is 17.7. The number of nitrogens with zero attached hydrogens (tertiary/aromatic N) is 1. The van der Waals surface area contributed by atoms with Crippen LogP contribution in [0.1, 0.15) is 19.4 Å². The van der Waals surface area contributed by atoms with E-state index in [9.17, 15) is 5.11 Å². The maximum atomic E-state index is 9.92. The lowest BCUT2D eigenvalue weighted by Gasteiger charge is -2.22. The van der Waals surface area contributed by atoms with E-state index < -0.39 is 0 Å². The van der Waals surface area contributed by atoms with Gasteiger partial charge in [0, 0.05) is 23.1 Å². The Labute approximate surface area is 131 Å². The molecule has 5 heteroatoms. The van der Waals surface area contributed by atoms with Crippen LogP contribution in [0.5, 0.6) is 0 Å². The molecule has 20 heavy (non-hydrogen) atoms. The molecule has 0 aliphatic carbocycles. The van der Waals surface area contributed by atoms with Crippen molar-refractivity contribution in [1.82, 2.24) is 10.2 Å². The van der Waals surface area contributed by atoms with Crippen molar-refractivity contribution >= 4 is 23.2 Å². The van der Waals surface area contributed by atoms with Crippen LogP contribution in [0.4, 0.5) is 0 Å². The topological polar surface area (TPSA) is 35.5 Å². The van der Waals surface area contributed by atoms with E-state index in [2.05, 4.69) is 24.1 Å². The summed E-state index contributed by atoms with van der Waals surface area (Å²) in [5.41, 5.74) is 1.07. The number of aliphatic hydroxyl groups excluding tert-OH is 1. The van der Waals surface area contributed by atoms with Crippen molar-refractivity contribution < 1.29 is 5.11 Å². The lowest BCUT2D eigenvalue weighted by atomic mass is 10.1. The van der Waals surface area contributed by atoms with E-state index in [1.54, 1.807) is 6.07 Å². The molecule has 0 saturated heterocycles. The Morgan fingerprint density at radius 2 is 1.95 bits per heavy atom. The van der Waals surface area contributed by atoms with Gasteiger partial charge in [0.15, 0.2) is 0 Å². The van der Waals surface area contributed by atoms with Crippen LogP contribution in [0.15, 0.2) is 18.2 Å². The van der Waals surface area contributed by atoms with E-state index in [-0.39, 0.29) is 6.10 Å². The van der Waals surface area contributed by atoms with E-state index >= 15 is 0 Å². The average Bonchev–Trinajstić information content (AvgIpc) is 2.42. The van der Waals surface area contributed by atoms with Gasteiger partial charge in [0.2, 0.25) is 0 Å². The van der Waals surface area contributed by atoms with Gasteiger partial charge in [-0.3, -0.25) is 0 Å². The molecule has 1 aromatic rings. The van der Waals surface area contributed by atoms with E-state index in [4.69, 9.17) is 23.2 Å². The Morgan fingerprint density at radius 1 is 1.25 bits per heavy atom. The SMILES string of the molecule is CCN(CC)CC(O)CNCCc1ccc(Cl)cc1Cl. The van der Waals surface area contributed by atoms with Gasteiger partial charge in [-0.1, -0.05) is 43.1 Å². The van der Waals surface area contributed by atoms with Gasteiger partial charge in [-0.05, 0) is 43.8 Å². The van der Waals surface area contributed by atoms with Gasteiger partial charge >= 0.3 is 0 Å². The highest BCUT2D eigenvalue weighted by Crippen LogP contribution is 2.20. The second-order valence-electron chi connectivity index (χ2n) is 4.83. The Kier molecular flexibility index (Phi) is 8.50.